The van der Waals surface area contributed by atoms with E-state index >= 15 is 0 Å². The maximum absolute atomic E-state index is 12.7. The van der Waals surface area contributed by atoms with Crippen LogP contribution in [0, 0.1) is 17.2 Å². The molecule has 0 aromatic heterocycles. The molecule has 0 N–H and O–H groups in total. The lowest BCUT2D eigenvalue weighted by Crippen LogP contribution is -2.67. The van der Waals surface area contributed by atoms with Gasteiger partial charge in [-0.2, -0.15) is 5.26 Å². The third-order valence-corrected chi connectivity index (χ3v) is 12.6. The summed E-state index contributed by atoms with van der Waals surface area (Å²) in [6.45, 7) is 9.37. The smallest absolute Gasteiger partial charge is 0.323 e. The van der Waals surface area contributed by atoms with Crippen LogP contribution in [0.1, 0.15) is 34.1 Å². The second-order valence-corrected chi connectivity index (χ2v) is 15.0. The fourth-order valence-corrected chi connectivity index (χ4v) is 10.5. The molecule has 6 nitrogen and oxygen atoms in total. The Morgan fingerprint density at radius 1 is 1.14 bits per heavy atom. The maximum Gasteiger partial charge on any atom is 0.323 e. The Bertz CT molecular complexity index is 997. The topological polar surface area (TPSA) is 79.6 Å². The Morgan fingerprint density at radius 3 is 2.20 bits per heavy atom. The molecule has 2 atom stereocenters. The Kier molecular flexibility index (Phi) is 9.17. The zero-order chi connectivity index (χ0) is 25.5. The van der Waals surface area contributed by atoms with Crippen LogP contribution in [0.5, 0.6) is 0 Å². The molecule has 0 aliphatic carbocycles. The normalized spacial score (nSPS) is 17.2. The maximum atomic E-state index is 12.7. The molecular weight excluding hydrogens is 476 g/mol. The van der Waals surface area contributed by atoms with Gasteiger partial charge in [-0.15, -0.1) is 11.8 Å². The molecule has 2 aromatic rings. The Morgan fingerprint density at radius 2 is 1.71 bits per heavy atom. The molecule has 1 aliphatic rings. The summed E-state index contributed by atoms with van der Waals surface area (Å²) in [5.41, 5.74) is 0. The van der Waals surface area contributed by atoms with Gasteiger partial charge in [-0.1, -0.05) is 81.4 Å². The fourth-order valence-electron chi connectivity index (χ4n) is 4.67. The molecule has 1 aliphatic heterocycles. The minimum atomic E-state index is -2.70. The number of amides is 1. The van der Waals surface area contributed by atoms with E-state index in [1.165, 1.54) is 22.1 Å². The Labute approximate surface area is 213 Å². The standard InChI is InChI=1S/C27H34N2O4SSi/c1-5-32-26(31)21(19-28)18-25-29(24(30)20-34-25)16-17-33-35(27(2,3)4,22-12-8-6-9-13-22)23-14-10-7-11-15-23/h6-15,21,25H,5,16-18,20H2,1-4H3. The number of rotatable bonds is 10. The van der Waals surface area contributed by atoms with E-state index in [2.05, 4.69) is 45.0 Å². The molecular formula is C27H34N2O4SSi. The summed E-state index contributed by atoms with van der Waals surface area (Å²) in [4.78, 5) is 26.6. The molecule has 2 unspecified atom stereocenters. The molecule has 35 heavy (non-hydrogen) atoms. The highest BCUT2D eigenvalue weighted by Gasteiger charge is 2.50. The second kappa shape index (κ2) is 11.9. The second-order valence-electron chi connectivity index (χ2n) is 9.53. The number of benzene rings is 2. The average molecular weight is 511 g/mol. The number of carbonyl (C=O) groups is 2. The highest BCUT2D eigenvalue weighted by molar-refractivity contribution is 8.00. The monoisotopic (exact) mass is 510 g/mol. The van der Waals surface area contributed by atoms with Gasteiger partial charge >= 0.3 is 5.97 Å². The fraction of sp³-hybridized carbons (Fsp3) is 0.444. The summed E-state index contributed by atoms with van der Waals surface area (Å²) in [6, 6.07) is 22.8. The van der Waals surface area contributed by atoms with E-state index in [1.54, 1.807) is 11.8 Å². The summed E-state index contributed by atoms with van der Waals surface area (Å²) in [5.74, 6) is -1.08. The van der Waals surface area contributed by atoms with E-state index in [9.17, 15) is 14.9 Å². The van der Waals surface area contributed by atoms with Crippen LogP contribution in [0.4, 0.5) is 0 Å². The molecule has 0 spiro atoms. The van der Waals surface area contributed by atoms with Crippen LogP contribution in [0.2, 0.25) is 5.04 Å². The number of carbonyl (C=O) groups excluding carboxylic acids is 2. The van der Waals surface area contributed by atoms with Gasteiger partial charge in [0.1, 0.15) is 5.92 Å². The van der Waals surface area contributed by atoms with Gasteiger partial charge in [-0.3, -0.25) is 9.59 Å². The first-order valence-electron chi connectivity index (χ1n) is 12.0. The third-order valence-electron chi connectivity index (χ3n) is 6.30. The van der Waals surface area contributed by atoms with Gasteiger partial charge in [0.15, 0.2) is 0 Å². The predicted molar refractivity (Wildman–Crippen MR) is 142 cm³/mol. The molecule has 0 saturated carbocycles. The van der Waals surface area contributed by atoms with E-state index in [0.717, 1.165) is 0 Å². The van der Waals surface area contributed by atoms with Crippen LogP contribution in [-0.4, -0.2) is 56.0 Å². The number of hydrogen-bond donors (Lipinski definition) is 0. The third kappa shape index (κ3) is 5.97. The van der Waals surface area contributed by atoms with Gasteiger partial charge in [0.25, 0.3) is 8.32 Å². The van der Waals surface area contributed by atoms with Crippen LogP contribution in [0.15, 0.2) is 60.7 Å². The lowest BCUT2D eigenvalue weighted by atomic mass is 10.1. The van der Waals surface area contributed by atoms with Crippen molar-refractivity contribution in [1.29, 1.82) is 5.26 Å². The first-order chi connectivity index (χ1) is 16.7. The largest absolute Gasteiger partial charge is 0.465 e. The Hall–Kier alpha value is -2.60. The summed E-state index contributed by atoms with van der Waals surface area (Å²) in [5, 5.41) is 11.4. The van der Waals surface area contributed by atoms with Crippen LogP contribution in [-0.2, 0) is 18.8 Å². The summed E-state index contributed by atoms with van der Waals surface area (Å²) in [6.07, 6.45) is 0.255. The highest BCUT2D eigenvalue weighted by Crippen LogP contribution is 2.37. The summed E-state index contributed by atoms with van der Waals surface area (Å²) >= 11 is 1.47. The van der Waals surface area contributed by atoms with Gasteiger partial charge in [0.2, 0.25) is 5.91 Å². The van der Waals surface area contributed by atoms with E-state index in [4.69, 9.17) is 9.16 Å². The van der Waals surface area contributed by atoms with Gasteiger partial charge in [0.05, 0.1) is 30.4 Å². The van der Waals surface area contributed by atoms with E-state index in [-0.39, 0.29) is 29.3 Å². The van der Waals surface area contributed by atoms with Crippen molar-refractivity contribution in [2.24, 2.45) is 5.92 Å². The number of nitriles is 1. The molecule has 186 valence electrons. The first-order valence-corrected chi connectivity index (χ1v) is 14.9. The molecule has 1 heterocycles. The van der Waals surface area contributed by atoms with Gasteiger partial charge < -0.3 is 14.1 Å². The number of hydrogen-bond acceptors (Lipinski definition) is 6. The molecule has 0 bridgehead atoms. The van der Waals surface area contributed by atoms with Crippen molar-refractivity contribution in [3.8, 4) is 6.07 Å². The molecule has 0 radical (unpaired) electrons. The van der Waals surface area contributed by atoms with Crippen molar-refractivity contribution in [2.75, 3.05) is 25.5 Å². The zero-order valence-corrected chi connectivity index (χ0v) is 22.7. The van der Waals surface area contributed by atoms with Crippen molar-refractivity contribution in [1.82, 2.24) is 4.90 Å². The van der Waals surface area contributed by atoms with Crippen LogP contribution in [0.25, 0.3) is 0 Å². The lowest BCUT2D eigenvalue weighted by molar-refractivity contribution is -0.146. The van der Waals surface area contributed by atoms with Crippen LogP contribution in [0.3, 0.4) is 0 Å². The quantitative estimate of drug-likeness (QED) is 0.359. The Balaban J connectivity index is 1.83. The summed E-state index contributed by atoms with van der Waals surface area (Å²) < 4.78 is 12.0. The van der Waals surface area contributed by atoms with E-state index in [0.29, 0.717) is 18.9 Å². The number of nitrogens with zero attached hydrogens (tertiary/aromatic N) is 2. The van der Waals surface area contributed by atoms with Crippen molar-refractivity contribution in [2.45, 2.75) is 44.5 Å². The minimum Gasteiger partial charge on any atom is -0.465 e. The van der Waals surface area contributed by atoms with E-state index in [1.807, 2.05) is 42.5 Å². The van der Waals surface area contributed by atoms with Gasteiger partial charge in [0, 0.05) is 13.0 Å². The average Bonchev–Trinajstić information content (AvgIpc) is 3.19. The molecule has 2 aromatic carbocycles. The first kappa shape index (κ1) is 27.0. The summed E-state index contributed by atoms with van der Waals surface area (Å²) in [7, 11) is -2.70. The van der Waals surface area contributed by atoms with Gasteiger partial charge in [-0.05, 0) is 22.3 Å². The SMILES string of the molecule is CCOC(=O)C(C#N)CC1SCC(=O)N1CCO[Si](c1ccccc1)(c1ccccc1)C(C)(C)C. The number of esters is 1. The zero-order valence-electron chi connectivity index (χ0n) is 20.9. The van der Waals surface area contributed by atoms with Crippen LogP contribution < -0.4 is 10.4 Å². The molecule has 1 fully saturated rings. The number of thioether (sulfide) groups is 1. The van der Waals surface area contributed by atoms with Crippen molar-refractivity contribution >= 4 is 42.3 Å². The van der Waals surface area contributed by atoms with Crippen molar-refractivity contribution in [3.63, 3.8) is 0 Å². The molecule has 1 saturated heterocycles. The molecule has 1 amide bonds. The minimum absolute atomic E-state index is 0.00611. The predicted octanol–water partition coefficient (Wildman–Crippen LogP) is 3.56. The molecule has 8 heteroatoms. The van der Waals surface area contributed by atoms with Crippen molar-refractivity contribution < 1.29 is 18.8 Å². The van der Waals surface area contributed by atoms with Gasteiger partial charge in [-0.25, -0.2) is 0 Å². The lowest BCUT2D eigenvalue weighted by Gasteiger charge is -2.43. The molecule has 3 rings (SSSR count). The van der Waals surface area contributed by atoms with Crippen LogP contribution >= 0.6 is 11.8 Å². The highest BCUT2D eigenvalue weighted by atomic mass is 32.2. The van der Waals surface area contributed by atoms with Crippen molar-refractivity contribution in [3.05, 3.63) is 60.7 Å². The number of ether oxygens (including phenoxy) is 1. The van der Waals surface area contributed by atoms with E-state index < -0.39 is 20.2 Å².